The van der Waals surface area contributed by atoms with E-state index in [1.165, 1.54) is 5.56 Å². The number of carbonyl (C=O) groups excluding carboxylic acids is 1. The van der Waals surface area contributed by atoms with Gasteiger partial charge >= 0.3 is 0 Å². The zero-order chi connectivity index (χ0) is 14.1. The maximum atomic E-state index is 12.3. The van der Waals surface area contributed by atoms with Gasteiger partial charge in [0.05, 0.1) is 13.2 Å². The average Bonchev–Trinajstić information content (AvgIpc) is 3.32. The van der Waals surface area contributed by atoms with Gasteiger partial charge in [-0.1, -0.05) is 18.2 Å². The van der Waals surface area contributed by atoms with Crippen LogP contribution >= 0.6 is 0 Å². The first-order valence-corrected chi connectivity index (χ1v) is 7.32. The standard InChI is InChI=1S/C16H22N2O2/c1-17-9-10-18(16(19)12-7-8-12)11-14(17)13-5-3-4-6-15(13)20-2/h3-6,12,14H,7-11H2,1-2H3. The highest BCUT2D eigenvalue weighted by atomic mass is 16.5. The van der Waals surface area contributed by atoms with Gasteiger partial charge in [0.15, 0.2) is 0 Å². The molecular formula is C16H22N2O2. The fraction of sp³-hybridized carbons (Fsp3) is 0.562. The van der Waals surface area contributed by atoms with Crippen molar-refractivity contribution < 1.29 is 9.53 Å². The smallest absolute Gasteiger partial charge is 0.225 e. The number of likely N-dealkylation sites (N-methyl/N-ethyl adjacent to an activating group) is 1. The predicted molar refractivity (Wildman–Crippen MR) is 77.7 cm³/mol. The van der Waals surface area contributed by atoms with Crippen LogP contribution in [0.25, 0.3) is 0 Å². The average molecular weight is 274 g/mol. The molecular weight excluding hydrogens is 252 g/mol. The number of methoxy groups -OCH3 is 1. The Morgan fingerprint density at radius 2 is 2.00 bits per heavy atom. The zero-order valence-corrected chi connectivity index (χ0v) is 12.2. The van der Waals surface area contributed by atoms with Gasteiger partial charge in [0, 0.05) is 31.1 Å². The molecule has 1 aromatic rings. The summed E-state index contributed by atoms with van der Waals surface area (Å²) in [6.07, 6.45) is 2.15. The number of amides is 1. The molecule has 1 atom stereocenters. The molecule has 1 unspecified atom stereocenters. The number of piperazine rings is 1. The Hall–Kier alpha value is -1.55. The number of para-hydroxylation sites is 1. The summed E-state index contributed by atoms with van der Waals surface area (Å²) in [6.45, 7) is 2.53. The molecule has 1 aliphatic carbocycles. The summed E-state index contributed by atoms with van der Waals surface area (Å²) in [5.41, 5.74) is 1.17. The van der Waals surface area contributed by atoms with E-state index >= 15 is 0 Å². The van der Waals surface area contributed by atoms with Crippen molar-refractivity contribution in [2.24, 2.45) is 5.92 Å². The lowest BCUT2D eigenvalue weighted by Crippen LogP contribution is -2.49. The van der Waals surface area contributed by atoms with Crippen molar-refractivity contribution >= 4 is 5.91 Å². The third-order valence-electron chi connectivity index (χ3n) is 4.38. The van der Waals surface area contributed by atoms with Gasteiger partial charge in [-0.15, -0.1) is 0 Å². The van der Waals surface area contributed by atoms with Gasteiger partial charge in [0.1, 0.15) is 5.75 Å². The van der Waals surface area contributed by atoms with E-state index in [9.17, 15) is 4.79 Å². The molecule has 20 heavy (non-hydrogen) atoms. The second-order valence-corrected chi connectivity index (χ2v) is 5.80. The van der Waals surface area contributed by atoms with Crippen molar-refractivity contribution in [3.63, 3.8) is 0 Å². The molecule has 108 valence electrons. The highest BCUT2D eigenvalue weighted by Crippen LogP contribution is 2.35. The lowest BCUT2D eigenvalue weighted by molar-refractivity contribution is -0.135. The maximum Gasteiger partial charge on any atom is 0.225 e. The van der Waals surface area contributed by atoms with E-state index in [1.807, 2.05) is 23.1 Å². The highest BCUT2D eigenvalue weighted by molar-refractivity contribution is 5.81. The van der Waals surface area contributed by atoms with Gasteiger partial charge in [0.2, 0.25) is 5.91 Å². The third-order valence-corrected chi connectivity index (χ3v) is 4.38. The highest BCUT2D eigenvalue weighted by Gasteiger charge is 2.37. The van der Waals surface area contributed by atoms with E-state index < -0.39 is 0 Å². The number of hydrogen-bond donors (Lipinski definition) is 0. The zero-order valence-electron chi connectivity index (χ0n) is 12.2. The van der Waals surface area contributed by atoms with Crippen LogP contribution in [0, 0.1) is 5.92 Å². The Labute approximate surface area is 120 Å². The molecule has 4 nitrogen and oxygen atoms in total. The fourth-order valence-electron chi connectivity index (χ4n) is 2.94. The molecule has 1 saturated heterocycles. The number of rotatable bonds is 3. The van der Waals surface area contributed by atoms with Crippen LogP contribution in [-0.4, -0.2) is 49.5 Å². The van der Waals surface area contributed by atoms with Crippen LogP contribution in [-0.2, 0) is 4.79 Å². The molecule has 1 heterocycles. The molecule has 4 heteroatoms. The fourth-order valence-corrected chi connectivity index (χ4v) is 2.94. The van der Waals surface area contributed by atoms with Gasteiger partial charge < -0.3 is 9.64 Å². The number of benzene rings is 1. The minimum Gasteiger partial charge on any atom is -0.496 e. The van der Waals surface area contributed by atoms with E-state index in [-0.39, 0.29) is 6.04 Å². The lowest BCUT2D eigenvalue weighted by Gasteiger charge is -2.40. The summed E-state index contributed by atoms with van der Waals surface area (Å²) in [5.74, 6) is 1.56. The largest absolute Gasteiger partial charge is 0.496 e. The number of ether oxygens (including phenoxy) is 1. The molecule has 0 radical (unpaired) electrons. The molecule has 1 saturated carbocycles. The Kier molecular flexibility index (Phi) is 3.66. The summed E-state index contributed by atoms with van der Waals surface area (Å²) < 4.78 is 5.47. The minimum atomic E-state index is 0.225. The first-order valence-electron chi connectivity index (χ1n) is 7.32. The second-order valence-electron chi connectivity index (χ2n) is 5.80. The topological polar surface area (TPSA) is 32.8 Å². The molecule has 2 aliphatic rings. The van der Waals surface area contributed by atoms with Crippen LogP contribution < -0.4 is 4.74 Å². The Morgan fingerprint density at radius 3 is 2.70 bits per heavy atom. The SMILES string of the molecule is COc1ccccc1C1CN(C(=O)C2CC2)CCN1C. The first-order chi connectivity index (χ1) is 9.70. The summed E-state index contributed by atoms with van der Waals surface area (Å²) in [6, 6.07) is 8.34. The summed E-state index contributed by atoms with van der Waals surface area (Å²) in [4.78, 5) is 16.6. The summed E-state index contributed by atoms with van der Waals surface area (Å²) in [7, 11) is 3.82. The summed E-state index contributed by atoms with van der Waals surface area (Å²) in [5, 5.41) is 0. The van der Waals surface area contributed by atoms with Crippen molar-refractivity contribution in [3.05, 3.63) is 29.8 Å². The molecule has 1 aliphatic heterocycles. The monoisotopic (exact) mass is 274 g/mol. The van der Waals surface area contributed by atoms with Crippen LogP contribution in [0.5, 0.6) is 5.75 Å². The quantitative estimate of drug-likeness (QED) is 0.844. The molecule has 0 aromatic heterocycles. The van der Waals surface area contributed by atoms with Crippen LogP contribution in [0.3, 0.4) is 0 Å². The van der Waals surface area contributed by atoms with Gasteiger partial charge in [-0.2, -0.15) is 0 Å². The Balaban J connectivity index is 1.81. The molecule has 1 aromatic carbocycles. The van der Waals surface area contributed by atoms with Gasteiger partial charge in [-0.3, -0.25) is 9.69 Å². The van der Waals surface area contributed by atoms with Crippen LogP contribution in [0.4, 0.5) is 0 Å². The van der Waals surface area contributed by atoms with Gasteiger partial charge in [0.25, 0.3) is 0 Å². The number of nitrogens with zero attached hydrogens (tertiary/aromatic N) is 2. The second kappa shape index (κ2) is 5.44. The van der Waals surface area contributed by atoms with E-state index in [1.54, 1.807) is 7.11 Å². The molecule has 0 N–H and O–H groups in total. The lowest BCUT2D eigenvalue weighted by atomic mass is 10.0. The maximum absolute atomic E-state index is 12.3. The molecule has 0 bridgehead atoms. The van der Waals surface area contributed by atoms with Crippen molar-refractivity contribution in [2.45, 2.75) is 18.9 Å². The third kappa shape index (κ3) is 2.52. The minimum absolute atomic E-state index is 0.225. The number of carbonyl (C=O) groups is 1. The predicted octanol–water partition coefficient (Wildman–Crippen LogP) is 1.92. The first kappa shape index (κ1) is 13.4. The van der Waals surface area contributed by atoms with E-state index in [2.05, 4.69) is 18.0 Å². The summed E-state index contributed by atoms with van der Waals surface area (Å²) >= 11 is 0. The van der Waals surface area contributed by atoms with E-state index in [0.29, 0.717) is 11.8 Å². The van der Waals surface area contributed by atoms with Gasteiger partial charge in [-0.05, 0) is 26.0 Å². The van der Waals surface area contributed by atoms with Gasteiger partial charge in [-0.25, -0.2) is 0 Å². The van der Waals surface area contributed by atoms with E-state index in [4.69, 9.17) is 4.74 Å². The molecule has 2 fully saturated rings. The van der Waals surface area contributed by atoms with Crippen LogP contribution in [0.2, 0.25) is 0 Å². The van der Waals surface area contributed by atoms with Crippen LogP contribution in [0.15, 0.2) is 24.3 Å². The Bertz CT molecular complexity index is 499. The normalized spacial score (nSPS) is 23.7. The van der Waals surface area contributed by atoms with Crippen molar-refractivity contribution in [1.29, 1.82) is 0 Å². The Morgan fingerprint density at radius 1 is 1.25 bits per heavy atom. The molecule has 3 rings (SSSR count). The molecule has 0 spiro atoms. The van der Waals surface area contributed by atoms with Crippen molar-refractivity contribution in [2.75, 3.05) is 33.8 Å². The van der Waals surface area contributed by atoms with Crippen molar-refractivity contribution in [3.8, 4) is 5.75 Å². The molecule has 1 amide bonds. The van der Waals surface area contributed by atoms with E-state index in [0.717, 1.165) is 38.2 Å². The van der Waals surface area contributed by atoms with Crippen LogP contribution in [0.1, 0.15) is 24.4 Å². The van der Waals surface area contributed by atoms with Crippen molar-refractivity contribution in [1.82, 2.24) is 9.80 Å². The number of hydrogen-bond acceptors (Lipinski definition) is 3.